The zero-order valence-corrected chi connectivity index (χ0v) is 17.4. The van der Waals surface area contributed by atoms with E-state index in [1.165, 1.54) is 0 Å². The summed E-state index contributed by atoms with van der Waals surface area (Å²) in [7, 11) is -4.06. The molecule has 0 heterocycles. The summed E-state index contributed by atoms with van der Waals surface area (Å²) in [5.41, 5.74) is 0. The van der Waals surface area contributed by atoms with E-state index in [2.05, 4.69) is 0 Å². The average Bonchev–Trinajstić information content (AvgIpc) is 2.44. The summed E-state index contributed by atoms with van der Waals surface area (Å²) in [4.78, 5) is 21.9. The molecule has 0 aromatic carbocycles. The molecule has 0 spiro atoms. The number of carbonyl (C=O) groups is 2. The summed E-state index contributed by atoms with van der Waals surface area (Å²) < 4.78 is 35.6. The van der Waals surface area contributed by atoms with Gasteiger partial charge in [-0.05, 0) is 37.7 Å². The number of unbranched alkanes of at least 4 members (excludes halogenated alkanes) is 1. The van der Waals surface area contributed by atoms with Gasteiger partial charge in [-0.3, -0.25) is 4.55 Å². The van der Waals surface area contributed by atoms with E-state index in [1.54, 1.807) is 0 Å². The van der Waals surface area contributed by atoms with E-state index in [0.717, 1.165) is 31.8 Å². The van der Waals surface area contributed by atoms with Crippen molar-refractivity contribution < 1.29 is 62.0 Å². The number of hydrogen-bond acceptors (Lipinski definition) is 6. The molecular formula is C15H25NaO7S. The molecule has 0 bridgehead atoms. The fraction of sp³-hybridized carbons (Fsp3) is 0.733. The van der Waals surface area contributed by atoms with E-state index < -0.39 is 33.9 Å². The molecule has 7 nitrogen and oxygen atoms in total. The summed E-state index contributed by atoms with van der Waals surface area (Å²) in [5.74, 6) is -2.65. The number of carbonyl (C=O) groups excluding carboxylic acids is 2. The molecule has 0 fully saturated rings. The predicted octanol–water partition coefficient (Wildman–Crippen LogP) is -1.91. The van der Waals surface area contributed by atoms with Crippen molar-refractivity contribution in [2.75, 3.05) is 5.75 Å². The van der Waals surface area contributed by atoms with Crippen LogP contribution in [0.5, 0.6) is 0 Å². The quantitative estimate of drug-likeness (QED) is 0.184. The van der Waals surface area contributed by atoms with Crippen molar-refractivity contribution >= 4 is 22.1 Å². The molecule has 0 aliphatic rings. The van der Waals surface area contributed by atoms with Gasteiger partial charge in [-0.2, -0.15) is 8.42 Å². The van der Waals surface area contributed by atoms with Crippen LogP contribution in [0.1, 0.15) is 52.4 Å². The van der Waals surface area contributed by atoms with Crippen molar-refractivity contribution in [1.82, 2.24) is 0 Å². The van der Waals surface area contributed by atoms with Gasteiger partial charge in [-0.25, -0.2) is 4.79 Å². The molecule has 0 saturated heterocycles. The van der Waals surface area contributed by atoms with Crippen LogP contribution in [-0.2, 0) is 24.4 Å². The smallest absolute Gasteiger partial charge is 0.545 e. The molecule has 134 valence electrons. The van der Waals surface area contributed by atoms with Gasteiger partial charge in [-0.15, -0.1) is 0 Å². The number of hydrogen-bond donors (Lipinski definition) is 1. The van der Waals surface area contributed by atoms with E-state index in [-0.39, 0.29) is 48.3 Å². The SMILES string of the molecule is CCCCC(CC)C(CCCS(=O)(=O)O)OC(=O)C=CC(=O)[O-].[Na+]. The minimum absolute atomic E-state index is 0. The second kappa shape index (κ2) is 13.8. The Balaban J connectivity index is 0. The van der Waals surface area contributed by atoms with E-state index in [9.17, 15) is 23.1 Å². The van der Waals surface area contributed by atoms with Crippen LogP contribution >= 0.6 is 0 Å². The Kier molecular flexibility index (Phi) is 14.9. The van der Waals surface area contributed by atoms with Gasteiger partial charge in [0.25, 0.3) is 10.1 Å². The fourth-order valence-corrected chi connectivity index (χ4v) is 2.83. The zero-order chi connectivity index (χ0) is 17.9. The summed E-state index contributed by atoms with van der Waals surface area (Å²) in [5, 5.41) is 10.3. The van der Waals surface area contributed by atoms with Crippen molar-refractivity contribution in [3.05, 3.63) is 12.2 Å². The van der Waals surface area contributed by atoms with Crippen LogP contribution in [-0.4, -0.2) is 36.8 Å². The second-order valence-electron chi connectivity index (χ2n) is 5.37. The summed E-state index contributed by atoms with van der Waals surface area (Å²) in [6, 6.07) is 0. The third kappa shape index (κ3) is 14.0. The minimum Gasteiger partial charge on any atom is -0.545 e. The molecule has 0 rings (SSSR count). The Labute approximate surface area is 165 Å². The molecule has 0 amide bonds. The molecule has 24 heavy (non-hydrogen) atoms. The monoisotopic (exact) mass is 372 g/mol. The number of ether oxygens (including phenoxy) is 1. The molecule has 1 N–H and O–H groups in total. The Morgan fingerprint density at radius 3 is 2.25 bits per heavy atom. The molecule has 9 heteroatoms. The van der Waals surface area contributed by atoms with Crippen LogP contribution in [0, 0.1) is 5.92 Å². The maximum Gasteiger partial charge on any atom is 1.00 e. The van der Waals surface area contributed by atoms with Gasteiger partial charge in [0.2, 0.25) is 0 Å². The van der Waals surface area contributed by atoms with Crippen molar-refractivity contribution in [2.45, 2.75) is 58.5 Å². The Morgan fingerprint density at radius 1 is 1.17 bits per heavy atom. The van der Waals surface area contributed by atoms with Gasteiger partial charge in [0.1, 0.15) is 6.10 Å². The molecule has 2 atom stereocenters. The molecule has 0 aliphatic carbocycles. The summed E-state index contributed by atoms with van der Waals surface area (Å²) >= 11 is 0. The number of carboxylic acids is 1. The topological polar surface area (TPSA) is 121 Å². The van der Waals surface area contributed by atoms with Crippen molar-refractivity contribution in [3.63, 3.8) is 0 Å². The molecular weight excluding hydrogens is 347 g/mol. The van der Waals surface area contributed by atoms with Gasteiger partial charge in [0.15, 0.2) is 0 Å². The van der Waals surface area contributed by atoms with Gasteiger partial charge >= 0.3 is 35.5 Å². The Hall–Kier alpha value is -0.410. The second-order valence-corrected chi connectivity index (χ2v) is 6.94. The molecule has 2 unspecified atom stereocenters. The number of carboxylic acid groups (broad SMARTS) is 1. The van der Waals surface area contributed by atoms with Gasteiger partial charge in [-0.1, -0.05) is 26.7 Å². The Morgan fingerprint density at radius 2 is 1.79 bits per heavy atom. The van der Waals surface area contributed by atoms with Crippen LogP contribution in [0.2, 0.25) is 0 Å². The van der Waals surface area contributed by atoms with E-state index in [4.69, 9.17) is 9.29 Å². The third-order valence-electron chi connectivity index (χ3n) is 3.49. The van der Waals surface area contributed by atoms with Crippen LogP contribution in [0.25, 0.3) is 0 Å². The van der Waals surface area contributed by atoms with Gasteiger partial charge in [0.05, 0.1) is 11.7 Å². The molecule has 0 aromatic heterocycles. The van der Waals surface area contributed by atoms with Crippen molar-refractivity contribution in [3.8, 4) is 0 Å². The molecule has 0 radical (unpaired) electrons. The van der Waals surface area contributed by atoms with Crippen LogP contribution < -0.4 is 34.7 Å². The number of aliphatic carboxylic acids is 1. The number of rotatable bonds is 12. The average molecular weight is 372 g/mol. The largest absolute Gasteiger partial charge is 1.00 e. The van der Waals surface area contributed by atoms with Gasteiger partial charge < -0.3 is 14.6 Å². The first-order valence-corrected chi connectivity index (χ1v) is 9.35. The third-order valence-corrected chi connectivity index (χ3v) is 4.30. The van der Waals surface area contributed by atoms with Gasteiger partial charge in [0, 0.05) is 6.08 Å². The molecule has 0 aliphatic heterocycles. The normalized spacial score (nSPS) is 14.0. The minimum atomic E-state index is -4.06. The Bertz CT molecular complexity index is 502. The van der Waals surface area contributed by atoms with Crippen LogP contribution in [0.3, 0.4) is 0 Å². The van der Waals surface area contributed by atoms with Crippen molar-refractivity contribution in [2.24, 2.45) is 5.92 Å². The van der Waals surface area contributed by atoms with Crippen LogP contribution in [0.4, 0.5) is 0 Å². The van der Waals surface area contributed by atoms with E-state index >= 15 is 0 Å². The number of esters is 1. The van der Waals surface area contributed by atoms with E-state index in [1.807, 2.05) is 13.8 Å². The maximum absolute atomic E-state index is 11.6. The summed E-state index contributed by atoms with van der Waals surface area (Å²) in [6.07, 6.45) is 4.77. The van der Waals surface area contributed by atoms with E-state index in [0.29, 0.717) is 6.08 Å². The summed E-state index contributed by atoms with van der Waals surface area (Å²) in [6.45, 7) is 3.98. The zero-order valence-electron chi connectivity index (χ0n) is 14.6. The van der Waals surface area contributed by atoms with Crippen molar-refractivity contribution in [1.29, 1.82) is 0 Å². The predicted molar refractivity (Wildman–Crippen MR) is 83.0 cm³/mol. The standard InChI is InChI=1S/C15H26O7S.Na/c1-3-5-7-12(4-2)13(8-6-11-23(19,20)21)22-15(18)10-9-14(16)17;/h9-10,12-13H,3-8,11H2,1-2H3,(H,16,17)(H,19,20,21);/q;+1/p-1. The molecule has 0 saturated carbocycles. The fourth-order valence-electron chi connectivity index (χ4n) is 2.30. The molecule has 0 aromatic rings. The first-order chi connectivity index (χ1) is 10.7. The first kappa shape index (κ1) is 25.8. The first-order valence-electron chi connectivity index (χ1n) is 7.74. The maximum atomic E-state index is 11.6. The van der Waals surface area contributed by atoms with Crippen LogP contribution in [0.15, 0.2) is 12.2 Å².